The lowest BCUT2D eigenvalue weighted by molar-refractivity contribution is 0.129. The number of benzene rings is 2. The van der Waals surface area contributed by atoms with Gasteiger partial charge in [-0.2, -0.15) is 0 Å². The van der Waals surface area contributed by atoms with Crippen LogP contribution in [0.4, 0.5) is 0 Å². The number of halogens is 2. The van der Waals surface area contributed by atoms with Crippen LogP contribution in [0.2, 0.25) is 10.0 Å². The third kappa shape index (κ3) is 4.49. The Hall–Kier alpha value is -1.53. The molecule has 0 bridgehead atoms. The van der Waals surface area contributed by atoms with Crippen molar-refractivity contribution in [3.8, 4) is 11.4 Å². The van der Waals surface area contributed by atoms with E-state index in [9.17, 15) is 0 Å². The van der Waals surface area contributed by atoms with E-state index in [0.29, 0.717) is 22.7 Å². The summed E-state index contributed by atoms with van der Waals surface area (Å²) in [7, 11) is 0. The average Bonchev–Trinajstić information content (AvgIpc) is 3.31. The Kier molecular flexibility index (Phi) is 6.03. The van der Waals surface area contributed by atoms with E-state index in [1.165, 1.54) is 5.56 Å². The SMILES string of the molecule is Clc1ccc(-c2nnc(SCC3CCCO3)n2Cc2ccccc2)c(Cl)c1. The van der Waals surface area contributed by atoms with Gasteiger partial charge in [-0.3, -0.25) is 4.57 Å². The molecule has 2 heterocycles. The number of hydrogen-bond donors (Lipinski definition) is 0. The maximum absolute atomic E-state index is 6.44. The van der Waals surface area contributed by atoms with Crippen LogP contribution < -0.4 is 0 Å². The highest BCUT2D eigenvalue weighted by molar-refractivity contribution is 7.99. The van der Waals surface area contributed by atoms with Crippen molar-refractivity contribution in [3.63, 3.8) is 0 Å². The Bertz CT molecular complexity index is 911. The van der Waals surface area contributed by atoms with Gasteiger partial charge in [-0.05, 0) is 36.6 Å². The van der Waals surface area contributed by atoms with E-state index in [1.807, 2.05) is 30.3 Å². The molecule has 1 unspecified atom stereocenters. The first-order chi connectivity index (χ1) is 13.2. The van der Waals surface area contributed by atoms with Gasteiger partial charge in [0, 0.05) is 22.9 Å². The molecule has 140 valence electrons. The van der Waals surface area contributed by atoms with Crippen LogP contribution in [0.3, 0.4) is 0 Å². The molecule has 0 N–H and O–H groups in total. The molecule has 4 rings (SSSR count). The predicted octanol–water partition coefficient (Wildman–Crippen LogP) is 5.57. The van der Waals surface area contributed by atoms with Crippen molar-refractivity contribution in [2.75, 3.05) is 12.4 Å². The molecule has 1 atom stereocenters. The van der Waals surface area contributed by atoms with E-state index in [1.54, 1.807) is 17.8 Å². The van der Waals surface area contributed by atoms with Crippen LogP contribution >= 0.6 is 35.0 Å². The largest absolute Gasteiger partial charge is 0.377 e. The van der Waals surface area contributed by atoms with Crippen molar-refractivity contribution in [1.82, 2.24) is 14.8 Å². The fourth-order valence-corrected chi connectivity index (χ4v) is 4.61. The van der Waals surface area contributed by atoms with Gasteiger partial charge < -0.3 is 4.74 Å². The fraction of sp³-hybridized carbons (Fsp3) is 0.300. The summed E-state index contributed by atoms with van der Waals surface area (Å²) in [5.41, 5.74) is 2.01. The van der Waals surface area contributed by atoms with Gasteiger partial charge in [0.2, 0.25) is 0 Å². The summed E-state index contributed by atoms with van der Waals surface area (Å²) < 4.78 is 7.86. The Labute approximate surface area is 172 Å². The highest BCUT2D eigenvalue weighted by atomic mass is 35.5. The summed E-state index contributed by atoms with van der Waals surface area (Å²) >= 11 is 14.2. The molecule has 27 heavy (non-hydrogen) atoms. The number of rotatable bonds is 6. The molecule has 0 aliphatic carbocycles. The molecule has 0 amide bonds. The van der Waals surface area contributed by atoms with Crippen molar-refractivity contribution < 1.29 is 4.74 Å². The smallest absolute Gasteiger partial charge is 0.191 e. The van der Waals surface area contributed by atoms with Crippen LogP contribution in [-0.2, 0) is 11.3 Å². The van der Waals surface area contributed by atoms with Crippen LogP contribution in [0.25, 0.3) is 11.4 Å². The van der Waals surface area contributed by atoms with Crippen LogP contribution in [0, 0.1) is 0 Å². The van der Waals surface area contributed by atoms with Crippen molar-refractivity contribution in [2.45, 2.75) is 30.6 Å². The standard InChI is InChI=1S/C20H19Cl2N3OS/c21-15-8-9-17(18(22)11-15)19-23-24-20(27-13-16-7-4-10-26-16)25(19)12-14-5-2-1-3-6-14/h1-3,5-6,8-9,11,16H,4,7,10,12-13H2. The second-order valence-electron chi connectivity index (χ2n) is 6.45. The summed E-state index contributed by atoms with van der Waals surface area (Å²) in [6, 6.07) is 15.7. The molecule has 0 saturated carbocycles. The van der Waals surface area contributed by atoms with Gasteiger partial charge in [-0.25, -0.2) is 0 Å². The first-order valence-electron chi connectivity index (χ1n) is 8.87. The van der Waals surface area contributed by atoms with E-state index in [4.69, 9.17) is 27.9 Å². The Morgan fingerprint density at radius 3 is 2.70 bits per heavy atom. The zero-order valence-corrected chi connectivity index (χ0v) is 17.0. The van der Waals surface area contributed by atoms with Gasteiger partial charge in [0.05, 0.1) is 17.7 Å². The van der Waals surface area contributed by atoms with Gasteiger partial charge in [0.1, 0.15) is 0 Å². The lowest BCUT2D eigenvalue weighted by Crippen LogP contribution is -2.10. The molecule has 0 spiro atoms. The normalized spacial score (nSPS) is 16.7. The van der Waals surface area contributed by atoms with Crippen LogP contribution in [-0.4, -0.2) is 33.2 Å². The third-order valence-corrected chi connectivity index (χ3v) is 6.14. The Morgan fingerprint density at radius 1 is 1.11 bits per heavy atom. The fourth-order valence-electron chi connectivity index (χ4n) is 3.12. The first kappa shape index (κ1) is 18.8. The van der Waals surface area contributed by atoms with E-state index < -0.39 is 0 Å². The molecule has 7 heteroatoms. The molecule has 2 aromatic carbocycles. The van der Waals surface area contributed by atoms with Gasteiger partial charge >= 0.3 is 0 Å². The maximum atomic E-state index is 6.44. The minimum absolute atomic E-state index is 0.291. The molecule has 1 fully saturated rings. The average molecular weight is 420 g/mol. The number of aromatic nitrogens is 3. The zero-order chi connectivity index (χ0) is 18.6. The molecule has 1 aromatic heterocycles. The second-order valence-corrected chi connectivity index (χ2v) is 8.28. The Morgan fingerprint density at radius 2 is 1.96 bits per heavy atom. The number of nitrogens with zero attached hydrogens (tertiary/aromatic N) is 3. The molecule has 1 aliphatic rings. The van der Waals surface area contributed by atoms with Gasteiger partial charge in [0.15, 0.2) is 11.0 Å². The quantitative estimate of drug-likeness (QED) is 0.489. The molecule has 4 nitrogen and oxygen atoms in total. The topological polar surface area (TPSA) is 39.9 Å². The number of hydrogen-bond acceptors (Lipinski definition) is 4. The molecule has 1 aliphatic heterocycles. The number of thioether (sulfide) groups is 1. The van der Waals surface area contributed by atoms with E-state index in [2.05, 4.69) is 26.9 Å². The summed E-state index contributed by atoms with van der Waals surface area (Å²) in [6.45, 7) is 1.53. The van der Waals surface area contributed by atoms with E-state index in [0.717, 1.165) is 41.7 Å². The predicted molar refractivity (Wildman–Crippen MR) is 111 cm³/mol. The molecular weight excluding hydrogens is 401 g/mol. The molecule has 3 aromatic rings. The van der Waals surface area contributed by atoms with Gasteiger partial charge in [-0.1, -0.05) is 65.3 Å². The lowest BCUT2D eigenvalue weighted by atomic mass is 10.2. The zero-order valence-electron chi connectivity index (χ0n) is 14.6. The lowest BCUT2D eigenvalue weighted by Gasteiger charge is -2.13. The highest BCUT2D eigenvalue weighted by Gasteiger charge is 2.20. The van der Waals surface area contributed by atoms with E-state index in [-0.39, 0.29) is 0 Å². The second kappa shape index (κ2) is 8.65. The van der Waals surface area contributed by atoms with Crippen molar-refractivity contribution in [1.29, 1.82) is 0 Å². The minimum Gasteiger partial charge on any atom is -0.377 e. The van der Waals surface area contributed by atoms with Crippen molar-refractivity contribution in [3.05, 3.63) is 64.1 Å². The summed E-state index contributed by atoms with van der Waals surface area (Å²) in [4.78, 5) is 0. The van der Waals surface area contributed by atoms with E-state index >= 15 is 0 Å². The monoisotopic (exact) mass is 419 g/mol. The van der Waals surface area contributed by atoms with Crippen LogP contribution in [0.15, 0.2) is 53.7 Å². The van der Waals surface area contributed by atoms with Gasteiger partial charge in [0.25, 0.3) is 0 Å². The summed E-state index contributed by atoms with van der Waals surface area (Å²) in [5.74, 6) is 1.62. The highest BCUT2D eigenvalue weighted by Crippen LogP contribution is 2.32. The van der Waals surface area contributed by atoms with Crippen LogP contribution in [0.1, 0.15) is 18.4 Å². The first-order valence-corrected chi connectivity index (χ1v) is 10.6. The summed E-state index contributed by atoms with van der Waals surface area (Å²) in [5, 5.41) is 10.9. The van der Waals surface area contributed by atoms with Gasteiger partial charge in [-0.15, -0.1) is 10.2 Å². The molecule has 1 saturated heterocycles. The van der Waals surface area contributed by atoms with Crippen molar-refractivity contribution in [2.24, 2.45) is 0 Å². The maximum Gasteiger partial charge on any atom is 0.191 e. The Balaban J connectivity index is 1.67. The third-order valence-electron chi connectivity index (χ3n) is 4.49. The summed E-state index contributed by atoms with van der Waals surface area (Å²) in [6.07, 6.45) is 2.53. The minimum atomic E-state index is 0.291. The molecular formula is C20H19Cl2N3OS. The van der Waals surface area contributed by atoms with Crippen molar-refractivity contribution >= 4 is 35.0 Å². The number of ether oxygens (including phenoxy) is 1. The molecule has 0 radical (unpaired) electrons. The van der Waals surface area contributed by atoms with Crippen LogP contribution in [0.5, 0.6) is 0 Å².